The molecule has 0 amide bonds. The van der Waals surface area contributed by atoms with E-state index < -0.39 is 95.2 Å². The molecule has 0 heterocycles. The van der Waals surface area contributed by atoms with Crippen molar-refractivity contribution in [2.24, 2.45) is 10.8 Å². The molecule has 0 unspecified atom stereocenters. The van der Waals surface area contributed by atoms with Gasteiger partial charge in [0.25, 0.3) is 10.8 Å². The van der Waals surface area contributed by atoms with Gasteiger partial charge in [-0.25, -0.2) is 71.1 Å². The molecule has 0 aromatic rings. The average Bonchev–Trinajstić information content (AvgIpc) is 2.72. The number of hydrogen-bond acceptors (Lipinski definition) is 4. The van der Waals surface area contributed by atoms with E-state index in [-0.39, 0.29) is 0 Å². The van der Waals surface area contributed by atoms with Gasteiger partial charge in [-0.05, 0) is 0 Å². The lowest BCUT2D eigenvalue weighted by molar-refractivity contribution is -0.664. The lowest BCUT2D eigenvalue weighted by Gasteiger charge is -2.77. The van der Waals surface area contributed by atoms with Gasteiger partial charge in [-0.1, -0.05) is 0 Å². The maximum absolute atomic E-state index is 15.5. The molecular weight excluding hydrogens is 636 g/mol. The van der Waals surface area contributed by atoms with Gasteiger partial charge in [-0.2, -0.15) is 26.3 Å². The molecule has 40 heavy (non-hydrogen) atoms. The molecule has 4 aliphatic carbocycles. The van der Waals surface area contributed by atoms with E-state index >= 15 is 52.7 Å². The highest BCUT2D eigenvalue weighted by Gasteiger charge is 3.27. The van der Waals surface area contributed by atoms with Crippen molar-refractivity contribution in [1.82, 2.24) is 0 Å². The van der Waals surface area contributed by atoms with Crippen LogP contribution in [-0.2, 0) is 19.1 Å². The monoisotopic (exact) mass is 640 g/mol. The van der Waals surface area contributed by atoms with Crippen LogP contribution in [0.2, 0.25) is 0 Å². The summed E-state index contributed by atoms with van der Waals surface area (Å²) in [6, 6.07) is 0. The third kappa shape index (κ3) is 2.24. The lowest BCUT2D eigenvalue weighted by Crippen LogP contribution is -3.09. The van der Waals surface area contributed by atoms with E-state index in [4.69, 9.17) is 0 Å². The van der Waals surface area contributed by atoms with E-state index in [1.54, 1.807) is 0 Å². The molecule has 24 heteroatoms. The molecule has 0 aromatic heterocycles. The largest absolute Gasteiger partial charge is 0.423 e. The van der Waals surface area contributed by atoms with Crippen molar-refractivity contribution in [3.8, 4) is 0 Å². The van der Waals surface area contributed by atoms with Crippen LogP contribution in [0.15, 0.2) is 0 Å². The molecule has 4 bridgehead atoms. The van der Waals surface area contributed by atoms with Crippen LogP contribution in [0.5, 0.6) is 0 Å². The Labute approximate surface area is 203 Å². The molecule has 0 N–H and O–H groups in total. The molecule has 0 aliphatic heterocycles. The zero-order valence-electron chi connectivity index (χ0n) is 17.6. The Kier molecular flexibility index (Phi) is 5.85. The molecule has 4 rings (SSSR count). The molecule has 0 saturated heterocycles. The first-order valence-corrected chi connectivity index (χ1v) is 9.37. The summed E-state index contributed by atoms with van der Waals surface area (Å²) in [4.78, 5) is 21.7. The molecule has 4 fully saturated rings. The minimum Gasteiger partial charge on any atom is -0.398 e. The summed E-state index contributed by atoms with van der Waals surface area (Å²) < 4.78 is 299. The highest BCUT2D eigenvalue weighted by Crippen LogP contribution is 2.95. The Morgan fingerprint density at radius 2 is 0.675 bits per heavy atom. The van der Waals surface area contributed by atoms with Gasteiger partial charge in [-0.15, -0.1) is 0 Å². The van der Waals surface area contributed by atoms with Crippen molar-refractivity contribution in [1.29, 1.82) is 0 Å². The average molecular weight is 640 g/mol. The van der Waals surface area contributed by atoms with Gasteiger partial charge in [0.05, 0.1) is 0 Å². The summed E-state index contributed by atoms with van der Waals surface area (Å²) >= 11 is 0. The van der Waals surface area contributed by atoms with Crippen LogP contribution in [-0.4, -0.2) is 84.4 Å². The first kappa shape index (κ1) is 32.1. The number of hydrogen-bond donors (Lipinski definition) is 0. The first-order valence-electron chi connectivity index (χ1n) is 9.37. The van der Waals surface area contributed by atoms with Crippen molar-refractivity contribution < 1.29 is 107 Å². The van der Waals surface area contributed by atoms with Gasteiger partial charge in [0.1, 0.15) is 0 Å². The van der Waals surface area contributed by atoms with Crippen molar-refractivity contribution in [3.63, 3.8) is 0 Å². The van der Waals surface area contributed by atoms with Gasteiger partial charge < -0.3 is 9.47 Å². The Balaban J connectivity index is 2.82. The predicted molar refractivity (Wildman–Crippen MR) is 76.3 cm³/mol. The van der Waals surface area contributed by atoms with Crippen LogP contribution in [0, 0.1) is 10.8 Å². The van der Waals surface area contributed by atoms with Gasteiger partial charge >= 0.3 is 71.0 Å². The van der Waals surface area contributed by atoms with Gasteiger partial charge in [0.2, 0.25) is 0 Å². The third-order valence-corrected chi connectivity index (χ3v) is 7.00. The number of halogens is 20. The zero-order chi connectivity index (χ0) is 32.0. The lowest BCUT2D eigenvalue weighted by atomic mass is 9.32. The van der Waals surface area contributed by atoms with Crippen molar-refractivity contribution in [3.05, 3.63) is 0 Å². The summed E-state index contributed by atoms with van der Waals surface area (Å²) in [5.74, 6) is -60.2. The number of alkyl halides is 20. The maximum Gasteiger partial charge on any atom is 0.423 e. The number of rotatable bonds is 6. The van der Waals surface area contributed by atoms with Crippen LogP contribution in [0.1, 0.15) is 0 Å². The normalized spacial score (nSPS) is 39.5. The number of ether oxygens (including phenoxy) is 2. The fraction of sp³-hybridized carbons (Fsp3) is 0.875. The predicted octanol–water partition coefficient (Wildman–Crippen LogP) is 5.44. The zero-order valence-corrected chi connectivity index (χ0v) is 17.6. The highest BCUT2D eigenvalue weighted by atomic mass is 19.3. The Bertz CT molecular complexity index is 1030. The summed E-state index contributed by atoms with van der Waals surface area (Å²) in [5, 5.41) is 0. The number of carbonyl (C=O) groups is 2. The summed E-state index contributed by atoms with van der Waals surface area (Å²) in [7, 11) is 0. The van der Waals surface area contributed by atoms with Crippen molar-refractivity contribution >= 4 is 11.9 Å². The second kappa shape index (κ2) is 7.30. The Hall–Kier alpha value is -2.46. The second-order valence-electron chi connectivity index (χ2n) is 8.51. The standard InChI is InChI=1S/C16H4F20O4/c17-1-3(37)39-15(33,34)5-9(21,22)6(16(35,36)40-4(38)2-18)12(27,28)7(19,10(5,23)24)14(31,32)8(20,11(5,25)26)13(6,29)30/h1-2H2. The molecule has 232 valence electrons. The fourth-order valence-corrected chi connectivity index (χ4v) is 5.51. The van der Waals surface area contributed by atoms with E-state index in [0.717, 1.165) is 0 Å². The van der Waals surface area contributed by atoms with Gasteiger partial charge in [0.15, 0.2) is 13.3 Å². The molecule has 0 aromatic carbocycles. The number of carbonyl (C=O) groups excluding carboxylic acids is 2. The van der Waals surface area contributed by atoms with Crippen molar-refractivity contribution in [2.75, 3.05) is 13.3 Å². The SMILES string of the molecule is O=C(CF)OC(F)(F)C12C(F)(F)C3(F)C(F)(F)C(F)(C1(F)F)C(F)(F)C(C(F)(F)OC(=O)CF)(C3(F)F)C2(F)F. The molecule has 4 aliphatic rings. The van der Waals surface area contributed by atoms with Crippen LogP contribution < -0.4 is 0 Å². The fourth-order valence-electron chi connectivity index (χ4n) is 5.51. The Morgan fingerprint density at radius 3 is 0.875 bits per heavy atom. The van der Waals surface area contributed by atoms with Crippen LogP contribution in [0.4, 0.5) is 87.8 Å². The third-order valence-electron chi connectivity index (χ3n) is 7.00. The highest BCUT2D eigenvalue weighted by molar-refractivity contribution is 5.72. The number of esters is 2. The molecule has 0 spiro atoms. The Morgan fingerprint density at radius 1 is 0.450 bits per heavy atom. The summed E-state index contributed by atoms with van der Waals surface area (Å²) in [6.45, 7) is -6.40. The van der Waals surface area contributed by atoms with E-state index in [1.165, 1.54) is 0 Å². The minimum atomic E-state index is -9.03. The molecule has 0 atom stereocenters. The minimum absolute atomic E-state index is 2.17. The van der Waals surface area contributed by atoms with E-state index in [9.17, 15) is 44.7 Å². The van der Waals surface area contributed by atoms with Crippen LogP contribution in [0.3, 0.4) is 0 Å². The van der Waals surface area contributed by atoms with Crippen molar-refractivity contribution in [2.45, 2.75) is 59.1 Å². The molecule has 4 saturated carbocycles. The van der Waals surface area contributed by atoms with Gasteiger partial charge in [-0.3, -0.25) is 0 Å². The summed E-state index contributed by atoms with van der Waals surface area (Å²) in [6.07, 6.45) is -16.4. The van der Waals surface area contributed by atoms with Crippen LogP contribution >= 0.6 is 0 Å². The topological polar surface area (TPSA) is 52.6 Å². The van der Waals surface area contributed by atoms with E-state index in [1.807, 2.05) is 0 Å². The smallest absolute Gasteiger partial charge is 0.398 e. The summed E-state index contributed by atoms with van der Waals surface area (Å²) in [5.41, 5.74) is -35.0. The second-order valence-corrected chi connectivity index (χ2v) is 8.51. The maximum atomic E-state index is 15.5. The molecule has 4 nitrogen and oxygen atoms in total. The quantitative estimate of drug-likeness (QED) is 0.287. The van der Waals surface area contributed by atoms with E-state index in [0.29, 0.717) is 0 Å². The van der Waals surface area contributed by atoms with E-state index in [2.05, 4.69) is 9.47 Å². The molecule has 0 radical (unpaired) electrons. The first-order chi connectivity index (χ1) is 17.4. The van der Waals surface area contributed by atoms with Gasteiger partial charge in [0, 0.05) is 0 Å². The van der Waals surface area contributed by atoms with Crippen LogP contribution in [0.25, 0.3) is 0 Å². The molecular formula is C16H4F20O4.